The van der Waals surface area contributed by atoms with Crippen LogP contribution in [0.5, 0.6) is 0 Å². The number of hydrogen-bond donors (Lipinski definition) is 0. The summed E-state index contributed by atoms with van der Waals surface area (Å²) in [5.41, 5.74) is 1.47. The third-order valence-electron chi connectivity index (χ3n) is 5.70. The molecule has 4 rings (SSSR count). The Bertz CT molecular complexity index is 259. The fraction of sp³-hybridized carbons (Fsp3) is 0.944. The third-order valence-corrected chi connectivity index (χ3v) is 5.70. The van der Waals surface area contributed by atoms with Gasteiger partial charge < -0.3 is 0 Å². The van der Waals surface area contributed by atoms with E-state index in [0.717, 1.165) is 28.6 Å². The summed E-state index contributed by atoms with van der Waals surface area (Å²) in [5.74, 6) is 4.80. The van der Waals surface area contributed by atoms with Gasteiger partial charge in [-0.05, 0) is 85.9 Å². The van der Waals surface area contributed by atoms with Crippen molar-refractivity contribution in [1.29, 1.82) is 0 Å². The molecule has 4 aliphatic rings. The Kier molecular flexibility index (Phi) is 3.07. The molecule has 2 unspecified atom stereocenters. The largest absolute Gasteiger partial charge is 0.0628 e. The maximum absolute atomic E-state index is 2.43. The molecule has 0 aromatic rings. The van der Waals surface area contributed by atoms with Gasteiger partial charge in [-0.1, -0.05) is 27.7 Å². The first-order chi connectivity index (χ1) is 8.40. The van der Waals surface area contributed by atoms with Crippen LogP contribution in [0.25, 0.3) is 0 Å². The van der Waals surface area contributed by atoms with Gasteiger partial charge in [0.15, 0.2) is 0 Å². The van der Waals surface area contributed by atoms with E-state index in [1.54, 1.807) is 19.3 Å². The van der Waals surface area contributed by atoms with Crippen LogP contribution in [0.3, 0.4) is 0 Å². The summed E-state index contributed by atoms with van der Waals surface area (Å²) in [6.07, 6.45) is 12.2. The van der Waals surface area contributed by atoms with Gasteiger partial charge in [0.25, 0.3) is 0 Å². The molecular weight excluding hydrogens is 216 g/mol. The molecule has 18 heavy (non-hydrogen) atoms. The van der Waals surface area contributed by atoms with Crippen molar-refractivity contribution < 1.29 is 0 Å². The zero-order chi connectivity index (χ0) is 13.0. The highest BCUT2D eigenvalue weighted by Crippen LogP contribution is 2.68. The van der Waals surface area contributed by atoms with Crippen LogP contribution in [0, 0.1) is 34.5 Å². The molecule has 0 amide bonds. The first-order valence-corrected chi connectivity index (χ1v) is 8.24. The molecule has 0 heterocycles. The van der Waals surface area contributed by atoms with E-state index in [0.29, 0.717) is 0 Å². The maximum Gasteiger partial charge on any atom is -0.0227 e. The van der Waals surface area contributed by atoms with Crippen molar-refractivity contribution in [2.45, 2.75) is 79.1 Å². The van der Waals surface area contributed by atoms with Gasteiger partial charge in [-0.2, -0.15) is 0 Å². The van der Waals surface area contributed by atoms with Gasteiger partial charge in [0, 0.05) is 0 Å². The predicted molar refractivity (Wildman–Crippen MR) is 78.2 cm³/mol. The lowest BCUT2D eigenvalue weighted by atomic mass is 9.42. The predicted octanol–water partition coefficient (Wildman–Crippen LogP) is 5.62. The standard InChI is InChI=1S/C18H31/c1-13(2)6-17-8-15-5-16(9-17)11-18(10-15,12-17)7-14(3)4/h13-15H,5-12H2,1-4H3. The van der Waals surface area contributed by atoms with Gasteiger partial charge in [0.1, 0.15) is 0 Å². The van der Waals surface area contributed by atoms with E-state index in [1.807, 2.05) is 5.92 Å². The Balaban J connectivity index is 1.83. The average Bonchev–Trinajstić information content (AvgIpc) is 2.08. The molecule has 0 spiro atoms. The Labute approximate surface area is 114 Å². The lowest BCUT2D eigenvalue weighted by Crippen LogP contribution is -2.52. The van der Waals surface area contributed by atoms with Crippen LogP contribution in [-0.4, -0.2) is 0 Å². The van der Waals surface area contributed by atoms with Crippen molar-refractivity contribution in [3.8, 4) is 0 Å². The molecule has 4 fully saturated rings. The summed E-state index contributed by atoms with van der Waals surface area (Å²) in [5, 5.41) is 0. The highest BCUT2D eigenvalue weighted by Gasteiger charge is 2.57. The molecule has 4 saturated carbocycles. The summed E-state index contributed by atoms with van der Waals surface area (Å²) in [6.45, 7) is 9.72. The smallest absolute Gasteiger partial charge is 0.0227 e. The van der Waals surface area contributed by atoms with Crippen LogP contribution in [0.1, 0.15) is 79.1 Å². The Morgan fingerprint density at radius 2 is 1.44 bits per heavy atom. The third kappa shape index (κ3) is 2.25. The molecule has 0 nitrogen and oxygen atoms in total. The zero-order valence-electron chi connectivity index (χ0n) is 12.9. The van der Waals surface area contributed by atoms with Crippen molar-refractivity contribution in [2.24, 2.45) is 28.6 Å². The molecule has 0 aromatic heterocycles. The lowest BCUT2D eigenvalue weighted by molar-refractivity contribution is -0.0772. The van der Waals surface area contributed by atoms with Crippen molar-refractivity contribution >= 4 is 0 Å². The topological polar surface area (TPSA) is 0 Å². The number of rotatable bonds is 4. The summed E-state index contributed by atoms with van der Waals surface area (Å²) in [6, 6.07) is 0. The Morgan fingerprint density at radius 3 is 1.83 bits per heavy atom. The molecule has 0 heteroatoms. The van der Waals surface area contributed by atoms with E-state index >= 15 is 0 Å². The molecule has 4 bridgehead atoms. The second kappa shape index (κ2) is 4.25. The van der Waals surface area contributed by atoms with Crippen LogP contribution in [-0.2, 0) is 0 Å². The van der Waals surface area contributed by atoms with E-state index in [4.69, 9.17) is 0 Å². The van der Waals surface area contributed by atoms with Crippen molar-refractivity contribution in [3.63, 3.8) is 0 Å². The zero-order valence-corrected chi connectivity index (χ0v) is 12.9. The normalized spacial score (nSPS) is 43.3. The van der Waals surface area contributed by atoms with Crippen molar-refractivity contribution in [1.82, 2.24) is 0 Å². The number of hydrogen-bond acceptors (Lipinski definition) is 0. The Hall–Kier alpha value is 0. The summed E-state index contributed by atoms with van der Waals surface area (Å²) >= 11 is 0. The van der Waals surface area contributed by atoms with Crippen molar-refractivity contribution in [2.75, 3.05) is 0 Å². The summed E-state index contributed by atoms with van der Waals surface area (Å²) in [4.78, 5) is 0. The van der Waals surface area contributed by atoms with Gasteiger partial charge >= 0.3 is 0 Å². The van der Waals surface area contributed by atoms with Gasteiger partial charge in [-0.3, -0.25) is 0 Å². The van der Waals surface area contributed by atoms with Crippen LogP contribution < -0.4 is 0 Å². The van der Waals surface area contributed by atoms with E-state index in [2.05, 4.69) is 27.7 Å². The van der Waals surface area contributed by atoms with E-state index < -0.39 is 0 Å². The van der Waals surface area contributed by atoms with E-state index in [9.17, 15) is 0 Å². The van der Waals surface area contributed by atoms with Gasteiger partial charge in [0.05, 0.1) is 0 Å². The second-order valence-electron chi connectivity index (χ2n) is 8.95. The second-order valence-corrected chi connectivity index (χ2v) is 8.95. The molecule has 0 N–H and O–H groups in total. The molecule has 0 aromatic carbocycles. The summed E-state index contributed by atoms with van der Waals surface area (Å²) < 4.78 is 0. The Morgan fingerprint density at radius 1 is 0.944 bits per heavy atom. The fourth-order valence-electron chi connectivity index (χ4n) is 6.51. The monoisotopic (exact) mass is 247 g/mol. The quantitative estimate of drug-likeness (QED) is 0.604. The van der Waals surface area contributed by atoms with E-state index in [-0.39, 0.29) is 0 Å². The lowest BCUT2D eigenvalue weighted by Gasteiger charge is -2.63. The fourth-order valence-corrected chi connectivity index (χ4v) is 6.51. The first kappa shape index (κ1) is 13.0. The average molecular weight is 247 g/mol. The van der Waals surface area contributed by atoms with Gasteiger partial charge in [-0.25, -0.2) is 0 Å². The molecule has 103 valence electrons. The minimum Gasteiger partial charge on any atom is -0.0628 e. The van der Waals surface area contributed by atoms with Crippen molar-refractivity contribution in [3.05, 3.63) is 5.92 Å². The minimum atomic E-state index is 0.734. The van der Waals surface area contributed by atoms with Crippen LogP contribution in [0.15, 0.2) is 0 Å². The molecular formula is C18H31. The molecule has 0 aliphatic heterocycles. The maximum atomic E-state index is 2.43. The van der Waals surface area contributed by atoms with Crippen LogP contribution in [0.2, 0.25) is 0 Å². The first-order valence-electron chi connectivity index (χ1n) is 8.24. The minimum absolute atomic E-state index is 0.734. The van der Waals surface area contributed by atoms with Crippen LogP contribution >= 0.6 is 0 Å². The molecule has 2 atom stereocenters. The molecule has 4 aliphatic carbocycles. The molecule has 1 radical (unpaired) electrons. The van der Waals surface area contributed by atoms with Gasteiger partial charge in [0.2, 0.25) is 0 Å². The SMILES string of the molecule is CC(C)CC12C[C]3CC(C1)CC(CC(C)C)(C3)C2. The van der Waals surface area contributed by atoms with E-state index in [1.165, 1.54) is 32.1 Å². The van der Waals surface area contributed by atoms with Crippen LogP contribution in [0.4, 0.5) is 0 Å². The molecule has 0 saturated heterocycles. The highest BCUT2D eigenvalue weighted by molar-refractivity contribution is 5.18. The van der Waals surface area contributed by atoms with Gasteiger partial charge in [-0.15, -0.1) is 0 Å². The highest BCUT2D eigenvalue weighted by atomic mass is 14.6. The summed E-state index contributed by atoms with van der Waals surface area (Å²) in [7, 11) is 0.